The summed E-state index contributed by atoms with van der Waals surface area (Å²) in [5, 5.41) is 6.29. The number of rotatable bonds is 7. The number of benzene rings is 3. The molecule has 4 rings (SSSR count). The van der Waals surface area contributed by atoms with Crippen LogP contribution >= 0.6 is 0 Å². The molecule has 2 N–H and O–H groups in total. The van der Waals surface area contributed by atoms with Crippen LogP contribution in [0.1, 0.15) is 52.7 Å². The fourth-order valence-electron chi connectivity index (χ4n) is 3.98. The van der Waals surface area contributed by atoms with E-state index < -0.39 is 0 Å². The zero-order chi connectivity index (χ0) is 21.6. The molecule has 3 aromatic carbocycles. The predicted molar refractivity (Wildman–Crippen MR) is 126 cm³/mol. The fraction of sp³-hybridized carbons (Fsp3) is 0.259. The third-order valence-electron chi connectivity index (χ3n) is 5.78. The van der Waals surface area contributed by atoms with E-state index in [0.717, 1.165) is 29.8 Å². The number of Topliss-reactive ketones (excluding diaryl/α,β-unsaturated/α-hetero) is 1. The number of anilines is 3. The van der Waals surface area contributed by atoms with Gasteiger partial charge >= 0.3 is 0 Å². The van der Waals surface area contributed by atoms with Crippen LogP contribution < -0.4 is 10.6 Å². The van der Waals surface area contributed by atoms with Gasteiger partial charge in [0.05, 0.1) is 11.4 Å². The van der Waals surface area contributed by atoms with Crippen LogP contribution in [0.15, 0.2) is 66.7 Å². The lowest BCUT2D eigenvalue weighted by molar-refractivity contribution is -0.116. The van der Waals surface area contributed by atoms with Gasteiger partial charge < -0.3 is 10.6 Å². The van der Waals surface area contributed by atoms with E-state index >= 15 is 0 Å². The number of fused-ring (bicyclic) bond motifs is 1. The molecule has 158 valence electrons. The molecule has 4 heteroatoms. The molecular weight excluding hydrogens is 384 g/mol. The number of para-hydroxylation sites is 2. The Hall–Kier alpha value is -3.40. The Bertz CT molecular complexity index is 1090. The Morgan fingerprint density at radius 3 is 2.29 bits per heavy atom. The maximum Gasteiger partial charge on any atom is 0.224 e. The van der Waals surface area contributed by atoms with Crippen molar-refractivity contribution in [1.29, 1.82) is 0 Å². The average molecular weight is 413 g/mol. The van der Waals surface area contributed by atoms with E-state index in [4.69, 9.17) is 0 Å². The quantitative estimate of drug-likeness (QED) is 0.453. The van der Waals surface area contributed by atoms with Crippen molar-refractivity contribution in [3.63, 3.8) is 0 Å². The minimum absolute atomic E-state index is 0.0228. The van der Waals surface area contributed by atoms with Gasteiger partial charge in [-0.25, -0.2) is 0 Å². The largest absolute Gasteiger partial charge is 0.354 e. The lowest BCUT2D eigenvalue weighted by atomic mass is 9.89. The van der Waals surface area contributed by atoms with Crippen molar-refractivity contribution in [3.05, 3.63) is 89.0 Å². The maximum absolute atomic E-state index is 12.6. The molecule has 4 nitrogen and oxygen atoms in total. The molecule has 0 spiro atoms. The standard InChI is InChI=1S/C27H28N2O2/c1-19-10-14-23(15-11-19)28-24-8-4-5-9-25(24)29-27(31)17-16-26(30)22-13-12-20-6-2-3-7-21(20)18-22/h4-5,8-15,18,28H,2-3,6-7,16-17H2,1H3,(H,29,31). The molecule has 0 radical (unpaired) electrons. The molecule has 0 bridgehead atoms. The molecule has 31 heavy (non-hydrogen) atoms. The molecule has 0 atom stereocenters. The van der Waals surface area contributed by atoms with E-state index in [2.05, 4.69) is 16.7 Å². The Labute approximate surface area is 183 Å². The number of amides is 1. The van der Waals surface area contributed by atoms with Gasteiger partial charge in [-0.1, -0.05) is 42.0 Å². The van der Waals surface area contributed by atoms with Gasteiger partial charge in [0.15, 0.2) is 5.78 Å². The third-order valence-corrected chi connectivity index (χ3v) is 5.78. The molecule has 0 unspecified atom stereocenters. The summed E-state index contributed by atoms with van der Waals surface area (Å²) in [6.07, 6.45) is 4.92. The molecule has 3 aromatic rings. The van der Waals surface area contributed by atoms with Gasteiger partial charge in [0, 0.05) is 24.1 Å². The first-order valence-electron chi connectivity index (χ1n) is 11.0. The van der Waals surface area contributed by atoms with Gasteiger partial charge in [-0.05, 0) is 74.1 Å². The van der Waals surface area contributed by atoms with Crippen LogP contribution in [0.4, 0.5) is 17.1 Å². The first-order chi connectivity index (χ1) is 15.1. The Morgan fingerprint density at radius 2 is 1.52 bits per heavy atom. The smallest absolute Gasteiger partial charge is 0.224 e. The van der Waals surface area contributed by atoms with Crippen molar-refractivity contribution < 1.29 is 9.59 Å². The molecule has 1 aliphatic rings. The second-order valence-electron chi connectivity index (χ2n) is 8.20. The molecule has 0 aliphatic heterocycles. The average Bonchev–Trinajstić information content (AvgIpc) is 2.80. The molecule has 1 amide bonds. The van der Waals surface area contributed by atoms with Gasteiger partial charge in [0.1, 0.15) is 0 Å². The molecule has 0 saturated heterocycles. The van der Waals surface area contributed by atoms with Crippen molar-refractivity contribution in [2.24, 2.45) is 0 Å². The van der Waals surface area contributed by atoms with Crippen molar-refractivity contribution in [2.45, 2.75) is 45.4 Å². The van der Waals surface area contributed by atoms with Crippen LogP contribution in [0.3, 0.4) is 0 Å². The maximum atomic E-state index is 12.6. The summed E-state index contributed by atoms with van der Waals surface area (Å²) in [7, 11) is 0. The Morgan fingerprint density at radius 1 is 0.806 bits per heavy atom. The summed E-state index contributed by atoms with van der Waals surface area (Å²) in [6, 6.07) is 21.7. The van der Waals surface area contributed by atoms with Crippen molar-refractivity contribution in [2.75, 3.05) is 10.6 Å². The number of carbonyl (C=O) groups excluding carboxylic acids is 2. The first-order valence-corrected chi connectivity index (χ1v) is 11.0. The minimum atomic E-state index is -0.163. The molecule has 0 saturated carbocycles. The summed E-state index contributed by atoms with van der Waals surface area (Å²) in [4.78, 5) is 25.2. The van der Waals surface area contributed by atoms with Crippen LogP contribution in [0.2, 0.25) is 0 Å². The zero-order valence-corrected chi connectivity index (χ0v) is 17.9. The fourth-order valence-corrected chi connectivity index (χ4v) is 3.98. The summed E-state index contributed by atoms with van der Waals surface area (Å²) in [6.45, 7) is 2.05. The van der Waals surface area contributed by atoms with Crippen LogP contribution in [0, 0.1) is 6.92 Å². The number of hydrogen-bond donors (Lipinski definition) is 2. The number of aryl methyl sites for hydroxylation is 3. The van der Waals surface area contributed by atoms with Crippen molar-refractivity contribution in [1.82, 2.24) is 0 Å². The molecule has 0 heterocycles. The number of nitrogens with one attached hydrogen (secondary N) is 2. The van der Waals surface area contributed by atoms with E-state index in [0.29, 0.717) is 5.69 Å². The lowest BCUT2D eigenvalue weighted by Crippen LogP contribution is -2.15. The highest BCUT2D eigenvalue weighted by molar-refractivity contribution is 6.01. The van der Waals surface area contributed by atoms with Crippen LogP contribution in [0.25, 0.3) is 0 Å². The SMILES string of the molecule is Cc1ccc(Nc2ccccc2NC(=O)CCC(=O)c2ccc3c(c2)CCCC3)cc1. The van der Waals surface area contributed by atoms with Crippen LogP contribution in [-0.4, -0.2) is 11.7 Å². The predicted octanol–water partition coefficient (Wildman–Crippen LogP) is 6.22. The molecule has 0 fully saturated rings. The molecule has 0 aromatic heterocycles. The second kappa shape index (κ2) is 9.61. The van der Waals surface area contributed by atoms with Crippen molar-refractivity contribution in [3.8, 4) is 0 Å². The molecular formula is C27H28N2O2. The number of hydrogen-bond acceptors (Lipinski definition) is 3. The van der Waals surface area contributed by atoms with Gasteiger partial charge in [-0.2, -0.15) is 0 Å². The Balaban J connectivity index is 1.36. The summed E-state index contributed by atoms with van der Waals surface area (Å²) >= 11 is 0. The highest BCUT2D eigenvalue weighted by Crippen LogP contribution is 2.26. The topological polar surface area (TPSA) is 58.2 Å². The summed E-state index contributed by atoms with van der Waals surface area (Å²) in [5.41, 5.74) is 7.03. The lowest BCUT2D eigenvalue weighted by Gasteiger charge is -2.16. The Kier molecular flexibility index (Phi) is 6.46. The van der Waals surface area contributed by atoms with Gasteiger partial charge in [0.2, 0.25) is 5.91 Å². The number of carbonyl (C=O) groups is 2. The zero-order valence-electron chi connectivity index (χ0n) is 17.9. The van der Waals surface area contributed by atoms with E-state index in [9.17, 15) is 9.59 Å². The highest BCUT2D eigenvalue weighted by atomic mass is 16.2. The second-order valence-corrected chi connectivity index (χ2v) is 8.20. The number of ketones is 1. The van der Waals surface area contributed by atoms with E-state index in [-0.39, 0.29) is 24.5 Å². The van der Waals surface area contributed by atoms with Crippen molar-refractivity contribution >= 4 is 28.8 Å². The third kappa shape index (κ3) is 5.40. The van der Waals surface area contributed by atoms with Gasteiger partial charge in [-0.15, -0.1) is 0 Å². The first kappa shape index (κ1) is 20.9. The van der Waals surface area contributed by atoms with E-state index in [1.165, 1.54) is 29.5 Å². The summed E-state index contributed by atoms with van der Waals surface area (Å²) < 4.78 is 0. The van der Waals surface area contributed by atoms with Gasteiger partial charge in [0.25, 0.3) is 0 Å². The highest BCUT2D eigenvalue weighted by Gasteiger charge is 2.15. The minimum Gasteiger partial charge on any atom is -0.354 e. The monoisotopic (exact) mass is 412 g/mol. The normalized spacial score (nSPS) is 12.7. The van der Waals surface area contributed by atoms with Crippen LogP contribution in [0.5, 0.6) is 0 Å². The molecule has 1 aliphatic carbocycles. The van der Waals surface area contributed by atoms with Gasteiger partial charge in [-0.3, -0.25) is 9.59 Å². The van der Waals surface area contributed by atoms with Crippen LogP contribution in [-0.2, 0) is 17.6 Å². The summed E-state index contributed by atoms with van der Waals surface area (Å²) in [5.74, 6) is -0.140. The van der Waals surface area contributed by atoms with E-state index in [1.54, 1.807) is 0 Å². The van der Waals surface area contributed by atoms with E-state index in [1.807, 2.05) is 67.6 Å².